The predicted octanol–water partition coefficient (Wildman–Crippen LogP) is 2.27. The molecule has 0 atom stereocenters. The molecule has 0 bridgehead atoms. The minimum atomic E-state index is -0.0516. The van der Waals surface area contributed by atoms with Crippen LogP contribution in [-0.2, 0) is 4.79 Å². The van der Waals surface area contributed by atoms with E-state index in [-0.39, 0.29) is 5.91 Å². The molecular weight excluding hydrogens is 222 g/mol. The van der Waals surface area contributed by atoms with Gasteiger partial charge < -0.3 is 10.3 Å². The molecule has 0 unspecified atom stereocenters. The molecule has 0 saturated carbocycles. The highest BCUT2D eigenvalue weighted by Gasteiger charge is 2.25. The molecule has 4 nitrogen and oxygen atoms in total. The first-order chi connectivity index (χ1) is 7.75. The molecule has 0 spiro atoms. The second-order valence-corrected chi connectivity index (χ2v) is 4.50. The summed E-state index contributed by atoms with van der Waals surface area (Å²) in [6.07, 6.45) is 3.45. The molecular formula is C11H9N3OS. The fourth-order valence-corrected chi connectivity index (χ4v) is 2.50. The number of carbonyl (C=O) groups excluding carboxylic acids is 1. The Morgan fingerprint density at radius 1 is 1.50 bits per heavy atom. The average Bonchev–Trinajstić information content (AvgIpc) is 2.89. The van der Waals surface area contributed by atoms with Crippen molar-refractivity contribution in [1.29, 1.82) is 0 Å². The Balaban J connectivity index is 2.11. The first kappa shape index (κ1) is 9.35. The largest absolute Gasteiger partial charge is 0.348 e. The molecule has 80 valence electrons. The molecule has 16 heavy (non-hydrogen) atoms. The van der Waals surface area contributed by atoms with Gasteiger partial charge in [0.05, 0.1) is 17.6 Å². The standard InChI is InChI=1S/C11H9N3OS/c1-6-9(13-5-12-6)4-8-7-2-3-16-11(7)14-10(8)15/h2-5H,1H3,(H,12,13)(H,14,15)/b8-4+. The molecule has 0 aromatic carbocycles. The first-order valence-corrected chi connectivity index (χ1v) is 5.74. The second-order valence-electron chi connectivity index (χ2n) is 3.59. The number of imidazole rings is 1. The van der Waals surface area contributed by atoms with E-state index >= 15 is 0 Å². The average molecular weight is 231 g/mol. The number of carbonyl (C=O) groups is 1. The summed E-state index contributed by atoms with van der Waals surface area (Å²) in [5, 5.41) is 5.72. The highest BCUT2D eigenvalue weighted by molar-refractivity contribution is 7.15. The summed E-state index contributed by atoms with van der Waals surface area (Å²) < 4.78 is 0. The molecule has 3 rings (SSSR count). The minimum Gasteiger partial charge on any atom is -0.348 e. The van der Waals surface area contributed by atoms with Crippen molar-refractivity contribution in [1.82, 2.24) is 9.97 Å². The number of H-pyrrole nitrogens is 1. The van der Waals surface area contributed by atoms with Crippen molar-refractivity contribution in [3.63, 3.8) is 0 Å². The van der Waals surface area contributed by atoms with Crippen LogP contribution in [-0.4, -0.2) is 15.9 Å². The van der Waals surface area contributed by atoms with Crippen LogP contribution in [0.4, 0.5) is 5.00 Å². The van der Waals surface area contributed by atoms with E-state index in [4.69, 9.17) is 0 Å². The molecule has 0 radical (unpaired) electrons. The van der Waals surface area contributed by atoms with E-state index in [2.05, 4.69) is 15.3 Å². The van der Waals surface area contributed by atoms with E-state index in [0.717, 1.165) is 22.0 Å². The number of aryl methyl sites for hydroxylation is 1. The van der Waals surface area contributed by atoms with Gasteiger partial charge in [-0.3, -0.25) is 4.79 Å². The Morgan fingerprint density at radius 3 is 3.12 bits per heavy atom. The van der Waals surface area contributed by atoms with Gasteiger partial charge in [-0.05, 0) is 24.4 Å². The van der Waals surface area contributed by atoms with Gasteiger partial charge in [0.15, 0.2) is 0 Å². The van der Waals surface area contributed by atoms with Gasteiger partial charge >= 0.3 is 0 Å². The van der Waals surface area contributed by atoms with Gasteiger partial charge in [0, 0.05) is 11.3 Å². The summed E-state index contributed by atoms with van der Waals surface area (Å²) in [7, 11) is 0. The minimum absolute atomic E-state index is 0.0516. The monoisotopic (exact) mass is 231 g/mol. The van der Waals surface area contributed by atoms with Crippen LogP contribution in [0.3, 0.4) is 0 Å². The zero-order chi connectivity index (χ0) is 11.1. The molecule has 3 heterocycles. The Labute approximate surface area is 96.0 Å². The normalized spacial score (nSPS) is 16.6. The van der Waals surface area contributed by atoms with Crippen molar-refractivity contribution in [3.8, 4) is 0 Å². The molecule has 1 aliphatic heterocycles. The van der Waals surface area contributed by atoms with Gasteiger partial charge in [-0.15, -0.1) is 11.3 Å². The lowest BCUT2D eigenvalue weighted by Crippen LogP contribution is -2.03. The first-order valence-electron chi connectivity index (χ1n) is 4.86. The second kappa shape index (κ2) is 3.31. The number of amides is 1. The molecule has 1 amide bonds. The number of aromatic nitrogens is 2. The van der Waals surface area contributed by atoms with Gasteiger partial charge in [-0.1, -0.05) is 0 Å². The maximum atomic E-state index is 11.7. The molecule has 0 fully saturated rings. The number of hydrogen-bond acceptors (Lipinski definition) is 3. The molecule has 0 saturated heterocycles. The van der Waals surface area contributed by atoms with Gasteiger partial charge in [-0.25, -0.2) is 4.98 Å². The Hall–Kier alpha value is -1.88. The lowest BCUT2D eigenvalue weighted by molar-refractivity contribution is -0.110. The van der Waals surface area contributed by atoms with Crippen molar-refractivity contribution in [2.24, 2.45) is 0 Å². The van der Waals surface area contributed by atoms with Crippen LogP contribution in [0.1, 0.15) is 17.0 Å². The third-order valence-electron chi connectivity index (χ3n) is 2.58. The fourth-order valence-electron chi connectivity index (χ4n) is 1.71. The maximum Gasteiger partial charge on any atom is 0.257 e. The molecule has 5 heteroatoms. The summed E-state index contributed by atoms with van der Waals surface area (Å²) >= 11 is 1.54. The van der Waals surface area contributed by atoms with Crippen LogP contribution in [0, 0.1) is 6.92 Å². The number of nitrogens with one attached hydrogen (secondary N) is 2. The highest BCUT2D eigenvalue weighted by Crippen LogP contribution is 2.37. The van der Waals surface area contributed by atoms with Crippen LogP contribution in [0.5, 0.6) is 0 Å². The number of anilines is 1. The number of hydrogen-bond donors (Lipinski definition) is 2. The van der Waals surface area contributed by atoms with E-state index in [1.165, 1.54) is 11.3 Å². The van der Waals surface area contributed by atoms with Crippen molar-refractivity contribution in [2.75, 3.05) is 5.32 Å². The van der Waals surface area contributed by atoms with E-state index in [1.54, 1.807) is 6.33 Å². The predicted molar refractivity (Wildman–Crippen MR) is 64.1 cm³/mol. The molecule has 0 aliphatic carbocycles. The van der Waals surface area contributed by atoms with E-state index < -0.39 is 0 Å². The van der Waals surface area contributed by atoms with Gasteiger partial charge in [0.25, 0.3) is 5.91 Å². The van der Waals surface area contributed by atoms with Gasteiger partial charge in [0.1, 0.15) is 5.00 Å². The topological polar surface area (TPSA) is 57.8 Å². The Kier molecular flexibility index (Phi) is 1.94. The zero-order valence-corrected chi connectivity index (χ0v) is 9.39. The quantitative estimate of drug-likeness (QED) is 0.740. The van der Waals surface area contributed by atoms with Crippen LogP contribution in [0.15, 0.2) is 17.8 Å². The van der Waals surface area contributed by atoms with Crippen LogP contribution in [0.2, 0.25) is 0 Å². The fraction of sp³-hybridized carbons (Fsp3) is 0.0909. The highest BCUT2D eigenvalue weighted by atomic mass is 32.1. The van der Waals surface area contributed by atoms with Crippen LogP contribution < -0.4 is 5.32 Å². The third-order valence-corrected chi connectivity index (χ3v) is 3.41. The summed E-state index contributed by atoms with van der Waals surface area (Å²) in [4.78, 5) is 18.9. The van der Waals surface area contributed by atoms with E-state index in [9.17, 15) is 4.79 Å². The number of aromatic amines is 1. The lowest BCUT2D eigenvalue weighted by atomic mass is 10.1. The smallest absolute Gasteiger partial charge is 0.257 e. The lowest BCUT2D eigenvalue weighted by Gasteiger charge is -1.94. The van der Waals surface area contributed by atoms with Crippen molar-refractivity contribution >= 4 is 33.9 Å². The number of fused-ring (bicyclic) bond motifs is 1. The summed E-state index contributed by atoms with van der Waals surface area (Å²) in [5.41, 5.74) is 3.43. The number of nitrogens with zero attached hydrogens (tertiary/aromatic N) is 1. The summed E-state index contributed by atoms with van der Waals surface area (Å²) in [5.74, 6) is -0.0516. The molecule has 2 N–H and O–H groups in total. The van der Waals surface area contributed by atoms with Crippen LogP contribution >= 0.6 is 11.3 Å². The molecule has 2 aromatic rings. The van der Waals surface area contributed by atoms with Crippen LogP contribution in [0.25, 0.3) is 11.6 Å². The summed E-state index contributed by atoms with van der Waals surface area (Å²) in [6, 6.07) is 1.95. The SMILES string of the molecule is Cc1[nH]cnc1/C=C1/C(=O)Nc2sccc21. The third kappa shape index (κ3) is 1.29. The Bertz CT molecular complexity index is 594. The Morgan fingerprint density at radius 2 is 2.38 bits per heavy atom. The number of rotatable bonds is 1. The maximum absolute atomic E-state index is 11.7. The summed E-state index contributed by atoms with van der Waals surface area (Å²) in [6.45, 7) is 1.93. The number of thiophene rings is 1. The van der Waals surface area contributed by atoms with Crippen molar-refractivity contribution < 1.29 is 4.79 Å². The van der Waals surface area contributed by atoms with Crippen molar-refractivity contribution in [2.45, 2.75) is 6.92 Å². The van der Waals surface area contributed by atoms with E-state index in [1.807, 2.05) is 24.4 Å². The van der Waals surface area contributed by atoms with Gasteiger partial charge in [-0.2, -0.15) is 0 Å². The zero-order valence-electron chi connectivity index (χ0n) is 8.57. The van der Waals surface area contributed by atoms with Crippen molar-refractivity contribution in [3.05, 3.63) is 34.7 Å². The molecule has 1 aliphatic rings. The molecule has 2 aromatic heterocycles. The van der Waals surface area contributed by atoms with Gasteiger partial charge in [0.2, 0.25) is 0 Å². The van der Waals surface area contributed by atoms with E-state index in [0.29, 0.717) is 5.57 Å².